The van der Waals surface area contributed by atoms with E-state index in [2.05, 4.69) is 32.7 Å². The summed E-state index contributed by atoms with van der Waals surface area (Å²) in [5, 5.41) is 17.4. The lowest BCUT2D eigenvalue weighted by molar-refractivity contribution is 0.454. The quantitative estimate of drug-likeness (QED) is 0.416. The monoisotopic (exact) mass is 483 g/mol. The molecule has 1 aromatic heterocycles. The first-order valence-electron chi connectivity index (χ1n) is 9.66. The maximum Gasteiger partial charge on any atom is 0.220 e. The van der Waals surface area contributed by atoms with Crippen molar-refractivity contribution in [2.45, 2.75) is 25.3 Å². The Morgan fingerprint density at radius 2 is 1.81 bits per heavy atom. The molecule has 1 fully saturated rings. The van der Waals surface area contributed by atoms with Gasteiger partial charge in [0.25, 0.3) is 0 Å². The van der Waals surface area contributed by atoms with Gasteiger partial charge in [0.05, 0.1) is 17.0 Å². The van der Waals surface area contributed by atoms with Gasteiger partial charge in [0.2, 0.25) is 5.95 Å². The number of rotatable bonds is 5. The van der Waals surface area contributed by atoms with Crippen LogP contribution in [0, 0.1) is 0 Å². The highest BCUT2D eigenvalue weighted by atomic mass is 35.5. The van der Waals surface area contributed by atoms with Crippen LogP contribution in [0.4, 0.5) is 11.6 Å². The van der Waals surface area contributed by atoms with Crippen molar-refractivity contribution in [1.82, 2.24) is 15.3 Å². The van der Waals surface area contributed by atoms with E-state index < -0.39 is 0 Å². The van der Waals surface area contributed by atoms with Gasteiger partial charge in [-0.05, 0) is 43.1 Å². The van der Waals surface area contributed by atoms with Gasteiger partial charge in [-0.3, -0.25) is 0 Å². The van der Waals surface area contributed by atoms with E-state index in [4.69, 9.17) is 5.73 Å². The van der Waals surface area contributed by atoms with Crippen molar-refractivity contribution in [2.75, 3.05) is 24.1 Å². The molecule has 0 saturated carbocycles. The molecular formula is C22H28Cl3N5O. The number of hydrogen-bond donors (Lipinski definition) is 4. The van der Waals surface area contributed by atoms with Gasteiger partial charge in [0.15, 0.2) is 0 Å². The van der Waals surface area contributed by atoms with E-state index in [0.717, 1.165) is 42.9 Å². The van der Waals surface area contributed by atoms with Gasteiger partial charge in [-0.2, -0.15) is 0 Å². The first-order valence-corrected chi connectivity index (χ1v) is 9.66. The summed E-state index contributed by atoms with van der Waals surface area (Å²) in [6.07, 6.45) is 2.19. The molecule has 1 aliphatic heterocycles. The summed E-state index contributed by atoms with van der Waals surface area (Å²) in [7, 11) is 0. The third kappa shape index (κ3) is 6.61. The number of piperidine rings is 1. The molecule has 2 aromatic carbocycles. The molecule has 168 valence electrons. The van der Waals surface area contributed by atoms with Gasteiger partial charge < -0.3 is 21.5 Å². The smallest absolute Gasteiger partial charge is 0.220 e. The molecule has 6 nitrogen and oxygen atoms in total. The van der Waals surface area contributed by atoms with Crippen LogP contribution in [0.2, 0.25) is 0 Å². The number of hydrogen-bond acceptors (Lipinski definition) is 6. The van der Waals surface area contributed by atoms with Crippen LogP contribution in [-0.2, 0) is 6.54 Å². The standard InChI is InChI=1S/C22H25N5O.3ClH/c23-22-26-18(16-8-5-11-24-14-16)12-19(27-22)21-17(9-4-10-20(21)28)25-13-15-6-2-1-3-7-15;;;/h1-4,6-7,9-10,12,16,24-25,28H,5,8,11,13-14H2,(H2,23,26,27);3*1H. The van der Waals surface area contributed by atoms with E-state index >= 15 is 0 Å². The Morgan fingerprint density at radius 3 is 2.52 bits per heavy atom. The predicted molar refractivity (Wildman–Crippen MR) is 134 cm³/mol. The summed E-state index contributed by atoms with van der Waals surface area (Å²) in [6, 6.07) is 17.5. The summed E-state index contributed by atoms with van der Waals surface area (Å²) in [6.45, 7) is 2.57. The topological polar surface area (TPSA) is 96.1 Å². The van der Waals surface area contributed by atoms with Gasteiger partial charge >= 0.3 is 0 Å². The third-order valence-electron chi connectivity index (χ3n) is 5.10. The van der Waals surface area contributed by atoms with Crippen molar-refractivity contribution in [1.29, 1.82) is 0 Å². The largest absolute Gasteiger partial charge is 0.507 e. The molecule has 5 N–H and O–H groups in total. The maximum atomic E-state index is 10.6. The lowest BCUT2D eigenvalue weighted by Gasteiger charge is -2.23. The van der Waals surface area contributed by atoms with Crippen LogP contribution in [-0.4, -0.2) is 28.2 Å². The number of phenolic OH excluding ortho intramolecular Hbond substituents is 1. The number of anilines is 2. The highest BCUT2D eigenvalue weighted by Gasteiger charge is 2.20. The molecule has 1 aliphatic rings. The van der Waals surface area contributed by atoms with Crippen molar-refractivity contribution < 1.29 is 5.11 Å². The van der Waals surface area contributed by atoms with Crippen LogP contribution in [0.15, 0.2) is 54.6 Å². The van der Waals surface area contributed by atoms with Crippen molar-refractivity contribution in [3.63, 3.8) is 0 Å². The van der Waals surface area contributed by atoms with E-state index in [1.807, 2.05) is 36.4 Å². The van der Waals surface area contributed by atoms with Crippen molar-refractivity contribution in [3.8, 4) is 17.0 Å². The zero-order chi connectivity index (χ0) is 19.3. The van der Waals surface area contributed by atoms with Gasteiger partial charge in [-0.1, -0.05) is 36.4 Å². The SMILES string of the molecule is Cl.Cl.Cl.Nc1nc(-c2c(O)cccc2NCc2ccccc2)cc(C2CCCNC2)n1. The summed E-state index contributed by atoms with van der Waals surface area (Å²) in [5.41, 5.74) is 10.2. The minimum absolute atomic E-state index is 0. The second-order valence-electron chi connectivity index (χ2n) is 7.12. The average Bonchev–Trinajstić information content (AvgIpc) is 2.73. The maximum absolute atomic E-state index is 10.6. The van der Waals surface area contributed by atoms with E-state index in [-0.39, 0.29) is 48.9 Å². The van der Waals surface area contributed by atoms with Crippen LogP contribution in [0.1, 0.15) is 30.0 Å². The van der Waals surface area contributed by atoms with Gasteiger partial charge in [-0.15, -0.1) is 37.2 Å². The van der Waals surface area contributed by atoms with Crippen LogP contribution >= 0.6 is 37.2 Å². The second kappa shape index (κ2) is 12.6. The molecule has 9 heteroatoms. The number of phenols is 1. The lowest BCUT2D eigenvalue weighted by atomic mass is 9.94. The summed E-state index contributed by atoms with van der Waals surface area (Å²) < 4.78 is 0. The van der Waals surface area contributed by atoms with Crippen LogP contribution in [0.3, 0.4) is 0 Å². The number of aromatic hydroxyl groups is 1. The van der Waals surface area contributed by atoms with E-state index in [9.17, 15) is 5.11 Å². The van der Waals surface area contributed by atoms with Crippen molar-refractivity contribution in [3.05, 3.63) is 65.9 Å². The minimum Gasteiger partial charge on any atom is -0.507 e. The van der Waals surface area contributed by atoms with Crippen LogP contribution < -0.4 is 16.4 Å². The number of nitrogens with zero attached hydrogens (tertiary/aromatic N) is 2. The van der Waals surface area contributed by atoms with E-state index in [0.29, 0.717) is 23.7 Å². The molecule has 0 radical (unpaired) electrons. The number of nitrogen functional groups attached to an aromatic ring is 1. The molecule has 4 rings (SSSR count). The fraction of sp³-hybridized carbons (Fsp3) is 0.273. The molecule has 2 heterocycles. The molecule has 0 spiro atoms. The second-order valence-corrected chi connectivity index (χ2v) is 7.12. The summed E-state index contributed by atoms with van der Waals surface area (Å²) in [5.74, 6) is 0.712. The molecule has 1 unspecified atom stereocenters. The van der Waals surface area contributed by atoms with Crippen LogP contribution in [0.25, 0.3) is 11.3 Å². The zero-order valence-corrected chi connectivity index (χ0v) is 19.4. The Labute approximate surface area is 201 Å². The summed E-state index contributed by atoms with van der Waals surface area (Å²) in [4.78, 5) is 8.88. The van der Waals surface area contributed by atoms with Crippen LogP contribution in [0.5, 0.6) is 5.75 Å². The highest BCUT2D eigenvalue weighted by molar-refractivity contribution is 5.86. The molecule has 1 saturated heterocycles. The molecule has 3 aromatic rings. The molecule has 0 aliphatic carbocycles. The van der Waals surface area contributed by atoms with Crippen molar-refractivity contribution in [2.24, 2.45) is 0 Å². The fourth-order valence-corrected chi connectivity index (χ4v) is 3.68. The van der Waals surface area contributed by atoms with Gasteiger partial charge in [-0.25, -0.2) is 9.97 Å². The van der Waals surface area contributed by atoms with E-state index in [1.54, 1.807) is 6.07 Å². The fourth-order valence-electron chi connectivity index (χ4n) is 3.68. The van der Waals surface area contributed by atoms with Crippen molar-refractivity contribution >= 4 is 48.9 Å². The summed E-state index contributed by atoms with van der Waals surface area (Å²) >= 11 is 0. The number of nitrogens with two attached hydrogens (primary N) is 1. The highest BCUT2D eigenvalue weighted by Crippen LogP contribution is 2.37. The normalized spacial score (nSPS) is 15.0. The predicted octanol–water partition coefficient (Wildman–Crippen LogP) is 4.78. The Hall–Kier alpha value is -2.25. The first-order chi connectivity index (χ1) is 13.7. The van der Waals surface area contributed by atoms with Gasteiger partial charge in [0, 0.05) is 24.7 Å². The number of halogens is 3. The number of aromatic nitrogens is 2. The molecule has 1 atom stereocenters. The Balaban J connectivity index is 0.00000160. The average molecular weight is 485 g/mol. The molecule has 0 bridgehead atoms. The van der Waals surface area contributed by atoms with E-state index in [1.165, 1.54) is 0 Å². The molecule has 0 amide bonds. The zero-order valence-electron chi connectivity index (χ0n) is 17.0. The van der Waals surface area contributed by atoms with Gasteiger partial charge in [0.1, 0.15) is 5.75 Å². The first kappa shape index (κ1) is 26.8. The number of nitrogens with one attached hydrogen (secondary N) is 2. The third-order valence-corrected chi connectivity index (χ3v) is 5.10. The Bertz CT molecular complexity index is 953. The number of benzene rings is 2. The lowest BCUT2D eigenvalue weighted by Crippen LogP contribution is -2.29. The Kier molecular flexibility index (Phi) is 10.9. The minimum atomic E-state index is 0. The Morgan fingerprint density at radius 1 is 1.03 bits per heavy atom. The molecule has 31 heavy (non-hydrogen) atoms. The molecular weight excluding hydrogens is 457 g/mol.